The Morgan fingerprint density at radius 3 is 2.43 bits per heavy atom. The van der Waals surface area contributed by atoms with E-state index in [1.54, 1.807) is 0 Å². The van der Waals surface area contributed by atoms with Gasteiger partial charge in [-0.2, -0.15) is 0 Å². The van der Waals surface area contributed by atoms with Gasteiger partial charge in [0.25, 0.3) is 0 Å². The van der Waals surface area contributed by atoms with Crippen molar-refractivity contribution in [3.63, 3.8) is 0 Å². The van der Waals surface area contributed by atoms with Gasteiger partial charge >= 0.3 is 12.3 Å². The molecule has 0 aliphatic carbocycles. The number of carbonyl (C=O) groups excluding carboxylic acids is 1. The lowest BCUT2D eigenvalue weighted by Crippen LogP contribution is -2.19. The zero-order valence-electron chi connectivity index (χ0n) is 10.4. The summed E-state index contributed by atoms with van der Waals surface area (Å²) >= 11 is 5.39. The number of ketones is 1. The Morgan fingerprint density at radius 2 is 1.95 bits per heavy atom. The van der Waals surface area contributed by atoms with Crippen molar-refractivity contribution in [2.24, 2.45) is 0 Å². The second kappa shape index (κ2) is 6.77. The summed E-state index contributed by atoms with van der Waals surface area (Å²) in [4.78, 5) is 22.5. The Balaban J connectivity index is 3.26. The van der Waals surface area contributed by atoms with E-state index in [-0.39, 0.29) is 17.9 Å². The third-order valence-corrected chi connectivity index (χ3v) is 2.60. The van der Waals surface area contributed by atoms with Gasteiger partial charge in [-0.1, -0.05) is 0 Å². The van der Waals surface area contributed by atoms with Gasteiger partial charge in [0.05, 0.1) is 0 Å². The maximum absolute atomic E-state index is 12.1. The summed E-state index contributed by atoms with van der Waals surface area (Å²) in [6, 6.07) is 2.47. The number of rotatable bonds is 6. The third kappa shape index (κ3) is 4.91. The first kappa shape index (κ1) is 17.3. The lowest BCUT2D eigenvalue weighted by molar-refractivity contribution is -0.274. The molecule has 1 unspecified atom stereocenters. The Kier molecular flexibility index (Phi) is 5.56. The number of halogens is 4. The summed E-state index contributed by atoms with van der Waals surface area (Å²) in [7, 11) is 0. The molecule has 0 fully saturated rings. The van der Waals surface area contributed by atoms with E-state index < -0.39 is 35.5 Å². The van der Waals surface area contributed by atoms with E-state index in [9.17, 15) is 27.9 Å². The van der Waals surface area contributed by atoms with Crippen LogP contribution in [0.15, 0.2) is 18.2 Å². The van der Waals surface area contributed by atoms with Crippen molar-refractivity contribution in [3.05, 3.63) is 29.3 Å². The van der Waals surface area contributed by atoms with E-state index in [1.807, 2.05) is 0 Å². The third-order valence-electron chi connectivity index (χ3n) is 2.41. The van der Waals surface area contributed by atoms with Crippen LogP contribution in [0.5, 0.6) is 5.75 Å². The number of hydrogen-bond donors (Lipinski definition) is 2. The SMILES string of the molecule is O=C(CCCl)c1ccc(OC(F)(F)F)cc1C(O)C(=O)O. The number of carbonyl (C=O) groups is 2. The molecule has 0 aromatic heterocycles. The van der Waals surface area contributed by atoms with Crippen LogP contribution in [0.2, 0.25) is 0 Å². The number of alkyl halides is 4. The maximum Gasteiger partial charge on any atom is 0.573 e. The molecule has 0 aliphatic heterocycles. The predicted molar refractivity (Wildman–Crippen MR) is 65.4 cm³/mol. The summed E-state index contributed by atoms with van der Waals surface area (Å²) in [5, 5.41) is 18.2. The molecule has 0 saturated heterocycles. The molecule has 0 aliphatic rings. The average molecular weight is 327 g/mol. The van der Waals surface area contributed by atoms with Crippen LogP contribution in [0.3, 0.4) is 0 Å². The zero-order chi connectivity index (χ0) is 16.2. The molecule has 9 heteroatoms. The fourth-order valence-electron chi connectivity index (χ4n) is 1.57. The second-order valence-corrected chi connectivity index (χ2v) is 4.28. The molecular formula is C12H10ClF3O5. The van der Waals surface area contributed by atoms with Crippen molar-refractivity contribution in [2.75, 3.05) is 5.88 Å². The zero-order valence-corrected chi connectivity index (χ0v) is 11.1. The van der Waals surface area contributed by atoms with Crippen LogP contribution < -0.4 is 4.74 Å². The van der Waals surface area contributed by atoms with Gasteiger partial charge in [-0.15, -0.1) is 24.8 Å². The molecule has 1 atom stereocenters. The van der Waals surface area contributed by atoms with Crippen LogP contribution in [0, 0.1) is 0 Å². The van der Waals surface area contributed by atoms with Crippen LogP contribution in [-0.4, -0.2) is 34.2 Å². The van der Waals surface area contributed by atoms with E-state index in [4.69, 9.17) is 16.7 Å². The van der Waals surface area contributed by atoms with Crippen LogP contribution >= 0.6 is 11.6 Å². The monoisotopic (exact) mass is 326 g/mol. The molecule has 0 saturated carbocycles. The van der Waals surface area contributed by atoms with Crippen molar-refractivity contribution >= 4 is 23.4 Å². The molecule has 0 heterocycles. The van der Waals surface area contributed by atoms with Gasteiger partial charge in [-0.05, 0) is 18.2 Å². The Hall–Kier alpha value is -1.80. The lowest BCUT2D eigenvalue weighted by atomic mass is 9.97. The number of aliphatic carboxylic acids is 1. The van der Waals surface area contributed by atoms with E-state index in [1.165, 1.54) is 0 Å². The van der Waals surface area contributed by atoms with Crippen molar-refractivity contribution in [1.29, 1.82) is 0 Å². The Morgan fingerprint density at radius 1 is 1.33 bits per heavy atom. The van der Waals surface area contributed by atoms with Crippen LogP contribution in [0.4, 0.5) is 13.2 Å². The summed E-state index contributed by atoms with van der Waals surface area (Å²) in [5.41, 5.74) is -0.709. The van der Waals surface area contributed by atoms with Gasteiger partial charge in [0.15, 0.2) is 11.9 Å². The smallest absolute Gasteiger partial charge is 0.479 e. The normalized spacial score (nSPS) is 12.8. The highest BCUT2D eigenvalue weighted by Crippen LogP contribution is 2.29. The summed E-state index contributed by atoms with van der Waals surface area (Å²) < 4.78 is 40.0. The average Bonchev–Trinajstić information content (AvgIpc) is 2.35. The molecule has 1 aromatic rings. The van der Waals surface area contributed by atoms with Gasteiger partial charge in [0.1, 0.15) is 5.75 Å². The number of Topliss-reactive ketones (excluding diaryl/α,β-unsaturated/α-hetero) is 1. The molecule has 2 N–H and O–H groups in total. The maximum atomic E-state index is 12.1. The first-order valence-electron chi connectivity index (χ1n) is 5.55. The molecule has 0 bridgehead atoms. The Labute approximate surface area is 121 Å². The van der Waals surface area contributed by atoms with Gasteiger partial charge < -0.3 is 14.9 Å². The lowest BCUT2D eigenvalue weighted by Gasteiger charge is -2.15. The summed E-state index contributed by atoms with van der Waals surface area (Å²) in [6.07, 6.45) is -7.29. The van der Waals surface area contributed by atoms with Crippen LogP contribution in [0.25, 0.3) is 0 Å². The molecular weight excluding hydrogens is 317 g/mol. The number of aliphatic hydroxyl groups excluding tert-OH is 1. The second-order valence-electron chi connectivity index (χ2n) is 3.90. The first-order chi connectivity index (χ1) is 9.65. The van der Waals surface area contributed by atoms with Gasteiger partial charge in [-0.25, -0.2) is 4.79 Å². The van der Waals surface area contributed by atoms with Crippen LogP contribution in [-0.2, 0) is 4.79 Å². The highest BCUT2D eigenvalue weighted by atomic mass is 35.5. The van der Waals surface area contributed by atoms with E-state index in [2.05, 4.69) is 4.74 Å². The number of ether oxygens (including phenoxy) is 1. The van der Waals surface area contributed by atoms with Crippen molar-refractivity contribution < 1.29 is 37.7 Å². The number of carboxylic acids is 1. The summed E-state index contributed by atoms with van der Waals surface area (Å²) in [6.45, 7) is 0. The number of benzene rings is 1. The standard InChI is InChI=1S/C12H10ClF3O5/c13-4-3-9(17)7-2-1-6(21-12(14,15)16)5-8(7)10(18)11(19)20/h1-2,5,10,18H,3-4H2,(H,19,20). The van der Waals surface area contributed by atoms with E-state index in [0.29, 0.717) is 6.07 Å². The minimum absolute atomic E-state index is 0.0533. The topological polar surface area (TPSA) is 83.8 Å². The predicted octanol–water partition coefficient (Wildman–Crippen LogP) is 2.51. The molecule has 21 heavy (non-hydrogen) atoms. The van der Waals surface area contributed by atoms with Crippen LogP contribution in [0.1, 0.15) is 28.4 Å². The molecule has 5 nitrogen and oxygen atoms in total. The minimum atomic E-state index is -4.98. The van der Waals surface area contributed by atoms with Gasteiger partial charge in [0.2, 0.25) is 0 Å². The quantitative estimate of drug-likeness (QED) is 0.620. The fraction of sp³-hybridized carbons (Fsp3) is 0.333. The van der Waals surface area contributed by atoms with E-state index in [0.717, 1.165) is 12.1 Å². The molecule has 1 aromatic carbocycles. The number of carboxylic acid groups (broad SMARTS) is 1. The van der Waals surface area contributed by atoms with Crippen molar-refractivity contribution in [2.45, 2.75) is 18.9 Å². The van der Waals surface area contributed by atoms with E-state index >= 15 is 0 Å². The van der Waals surface area contributed by atoms with Gasteiger partial charge in [0, 0.05) is 23.4 Å². The molecule has 0 radical (unpaired) electrons. The van der Waals surface area contributed by atoms with Crippen molar-refractivity contribution in [1.82, 2.24) is 0 Å². The number of hydrogen-bond acceptors (Lipinski definition) is 4. The highest BCUT2D eigenvalue weighted by Gasteiger charge is 2.32. The number of aliphatic hydroxyl groups is 1. The molecule has 0 amide bonds. The van der Waals surface area contributed by atoms with Crippen molar-refractivity contribution in [3.8, 4) is 5.75 Å². The summed E-state index contributed by atoms with van der Waals surface area (Å²) in [5.74, 6) is -3.10. The molecule has 1 rings (SSSR count). The molecule has 116 valence electrons. The largest absolute Gasteiger partial charge is 0.573 e. The minimum Gasteiger partial charge on any atom is -0.479 e. The first-order valence-corrected chi connectivity index (χ1v) is 6.09. The molecule has 0 spiro atoms. The Bertz CT molecular complexity index is 544. The fourth-order valence-corrected chi connectivity index (χ4v) is 1.74. The van der Waals surface area contributed by atoms with Gasteiger partial charge in [-0.3, -0.25) is 4.79 Å². The highest BCUT2D eigenvalue weighted by molar-refractivity contribution is 6.19.